The number of allylic oxidation sites excluding steroid dienone is 4. The van der Waals surface area contributed by atoms with E-state index in [-0.39, 0.29) is 10.8 Å². The van der Waals surface area contributed by atoms with Crippen molar-refractivity contribution in [2.24, 2.45) is 0 Å². The summed E-state index contributed by atoms with van der Waals surface area (Å²) < 4.78 is 0. The fourth-order valence-corrected chi connectivity index (χ4v) is 5.02. The fourth-order valence-electron chi connectivity index (χ4n) is 5.02. The van der Waals surface area contributed by atoms with E-state index in [2.05, 4.69) is 59.8 Å². The molecule has 152 valence electrons. The molecule has 1 heteroatoms. The third-order valence-corrected chi connectivity index (χ3v) is 7.26. The first-order valence-electron chi connectivity index (χ1n) is 11.1. The minimum atomic E-state index is 0.203. The number of ketones is 1. The smallest absolute Gasteiger partial charge is 0.163 e. The van der Waals surface area contributed by atoms with E-state index in [1.165, 1.54) is 52.7 Å². The number of hydrogen-bond acceptors (Lipinski definition) is 1. The molecule has 0 radical (unpaired) electrons. The third-order valence-electron chi connectivity index (χ3n) is 7.26. The molecular formula is C27H38O. The number of carbonyl (C=O) groups is 1. The van der Waals surface area contributed by atoms with E-state index in [1.54, 1.807) is 0 Å². The van der Waals surface area contributed by atoms with E-state index < -0.39 is 0 Å². The molecule has 0 spiro atoms. The van der Waals surface area contributed by atoms with Crippen molar-refractivity contribution in [3.63, 3.8) is 0 Å². The summed E-state index contributed by atoms with van der Waals surface area (Å²) in [6.45, 7) is 15.9. The molecule has 0 amide bonds. The van der Waals surface area contributed by atoms with Crippen molar-refractivity contribution in [3.05, 3.63) is 51.6 Å². The van der Waals surface area contributed by atoms with Gasteiger partial charge in [0.2, 0.25) is 0 Å². The maximum absolute atomic E-state index is 13.1. The summed E-state index contributed by atoms with van der Waals surface area (Å²) in [5.74, 6) is 0.335. The number of aryl methyl sites for hydroxylation is 1. The van der Waals surface area contributed by atoms with Crippen molar-refractivity contribution in [1.82, 2.24) is 0 Å². The average molecular weight is 379 g/mol. The summed E-state index contributed by atoms with van der Waals surface area (Å²) in [6.07, 6.45) is 9.41. The Morgan fingerprint density at radius 1 is 1.00 bits per heavy atom. The lowest BCUT2D eigenvalue weighted by Crippen LogP contribution is -2.34. The zero-order valence-corrected chi connectivity index (χ0v) is 19.1. The monoisotopic (exact) mass is 378 g/mol. The molecule has 1 aromatic rings. The van der Waals surface area contributed by atoms with Gasteiger partial charge in [0.15, 0.2) is 5.78 Å². The predicted molar refractivity (Wildman–Crippen MR) is 121 cm³/mol. The summed E-state index contributed by atoms with van der Waals surface area (Å²) >= 11 is 0. The first kappa shape index (κ1) is 21.1. The van der Waals surface area contributed by atoms with Crippen LogP contribution in [-0.2, 0) is 15.6 Å². The van der Waals surface area contributed by atoms with Crippen LogP contribution in [0.5, 0.6) is 0 Å². The molecule has 0 bridgehead atoms. The lowest BCUT2D eigenvalue weighted by Gasteiger charge is -2.42. The Kier molecular flexibility index (Phi) is 5.76. The van der Waals surface area contributed by atoms with Gasteiger partial charge < -0.3 is 0 Å². The number of fused-ring (bicyclic) bond motifs is 1. The lowest BCUT2D eigenvalue weighted by atomic mass is 9.62. The molecule has 3 rings (SSSR count). The van der Waals surface area contributed by atoms with Crippen LogP contribution in [-0.4, -0.2) is 5.78 Å². The Morgan fingerprint density at radius 3 is 2.18 bits per heavy atom. The summed E-state index contributed by atoms with van der Waals surface area (Å²) in [5.41, 5.74) is 9.74. The minimum absolute atomic E-state index is 0.203. The van der Waals surface area contributed by atoms with Crippen LogP contribution in [0.4, 0.5) is 0 Å². The largest absolute Gasteiger partial charge is 0.294 e. The first-order valence-corrected chi connectivity index (χ1v) is 11.1. The van der Waals surface area contributed by atoms with Gasteiger partial charge >= 0.3 is 0 Å². The van der Waals surface area contributed by atoms with Gasteiger partial charge in [-0.1, -0.05) is 51.5 Å². The van der Waals surface area contributed by atoms with E-state index in [1.807, 2.05) is 6.92 Å². The van der Waals surface area contributed by atoms with Crippen molar-refractivity contribution in [1.29, 1.82) is 0 Å². The molecule has 2 aliphatic rings. The number of carbonyl (C=O) groups excluding carboxylic acids is 1. The minimum Gasteiger partial charge on any atom is -0.294 e. The van der Waals surface area contributed by atoms with Gasteiger partial charge in [-0.2, -0.15) is 0 Å². The van der Waals surface area contributed by atoms with Crippen molar-refractivity contribution < 1.29 is 4.79 Å². The normalized spacial score (nSPS) is 21.5. The molecule has 28 heavy (non-hydrogen) atoms. The molecule has 0 aromatic heterocycles. The van der Waals surface area contributed by atoms with E-state index >= 15 is 0 Å². The summed E-state index contributed by atoms with van der Waals surface area (Å²) in [7, 11) is 0. The van der Waals surface area contributed by atoms with Crippen LogP contribution in [0.3, 0.4) is 0 Å². The second-order valence-electron chi connectivity index (χ2n) is 10.4. The van der Waals surface area contributed by atoms with Crippen LogP contribution in [0.15, 0.2) is 29.4 Å². The second kappa shape index (κ2) is 7.65. The molecule has 0 atom stereocenters. The Hall–Kier alpha value is -1.63. The third kappa shape index (κ3) is 3.91. The van der Waals surface area contributed by atoms with Gasteiger partial charge in [-0.05, 0) is 104 Å². The van der Waals surface area contributed by atoms with Crippen molar-refractivity contribution in [2.45, 2.75) is 104 Å². The Labute approximate surface area is 172 Å². The standard InChI is InChI=1S/C27H38O/c1-8-18(2)15-25(28)21-12-10-9-11-20(21)22-17-24-23(16-19(22)3)26(4,5)13-14-27(24,6)7/h8,16-17H,9-15H2,1-7H3. The highest BCUT2D eigenvalue weighted by molar-refractivity contribution is 6.04. The van der Waals surface area contributed by atoms with Gasteiger partial charge in [-0.25, -0.2) is 0 Å². The van der Waals surface area contributed by atoms with Gasteiger partial charge in [-0.15, -0.1) is 0 Å². The van der Waals surface area contributed by atoms with Crippen molar-refractivity contribution >= 4 is 11.4 Å². The molecule has 0 aliphatic heterocycles. The van der Waals surface area contributed by atoms with E-state index in [0.29, 0.717) is 12.2 Å². The Bertz CT molecular complexity index is 845. The summed E-state index contributed by atoms with van der Waals surface area (Å²) in [4.78, 5) is 13.1. The van der Waals surface area contributed by atoms with Gasteiger partial charge in [-0.3, -0.25) is 4.79 Å². The lowest BCUT2D eigenvalue weighted by molar-refractivity contribution is -0.115. The molecule has 0 saturated carbocycles. The zero-order valence-electron chi connectivity index (χ0n) is 19.1. The fraction of sp³-hybridized carbons (Fsp3) is 0.593. The number of benzene rings is 1. The van der Waals surface area contributed by atoms with Crippen LogP contribution in [0, 0.1) is 6.92 Å². The van der Waals surface area contributed by atoms with Gasteiger partial charge in [0.1, 0.15) is 0 Å². The SMILES string of the molecule is CC=C(C)CC(=O)C1=C(c2cc3c(cc2C)C(C)(C)CCC3(C)C)CCCC1. The number of hydrogen-bond donors (Lipinski definition) is 0. The van der Waals surface area contributed by atoms with Crippen molar-refractivity contribution in [2.75, 3.05) is 0 Å². The van der Waals surface area contributed by atoms with Gasteiger partial charge in [0.25, 0.3) is 0 Å². The maximum Gasteiger partial charge on any atom is 0.163 e. The van der Waals surface area contributed by atoms with Crippen LogP contribution in [0.2, 0.25) is 0 Å². The van der Waals surface area contributed by atoms with E-state index in [4.69, 9.17) is 0 Å². The second-order valence-corrected chi connectivity index (χ2v) is 10.4. The highest BCUT2D eigenvalue weighted by atomic mass is 16.1. The molecular weight excluding hydrogens is 340 g/mol. The maximum atomic E-state index is 13.1. The zero-order chi connectivity index (χ0) is 20.7. The molecule has 0 fully saturated rings. The van der Waals surface area contributed by atoms with Crippen LogP contribution >= 0.6 is 0 Å². The Morgan fingerprint density at radius 2 is 1.57 bits per heavy atom. The van der Waals surface area contributed by atoms with Crippen LogP contribution in [0.25, 0.3) is 5.57 Å². The molecule has 1 aromatic carbocycles. The number of rotatable bonds is 4. The number of Topliss-reactive ketones (excluding diaryl/α,β-unsaturated/α-hetero) is 1. The van der Waals surface area contributed by atoms with Gasteiger partial charge in [0, 0.05) is 6.42 Å². The van der Waals surface area contributed by atoms with Crippen LogP contribution in [0.1, 0.15) is 109 Å². The summed E-state index contributed by atoms with van der Waals surface area (Å²) in [6, 6.07) is 4.90. The summed E-state index contributed by atoms with van der Waals surface area (Å²) in [5, 5.41) is 0. The van der Waals surface area contributed by atoms with Crippen molar-refractivity contribution in [3.8, 4) is 0 Å². The molecule has 1 nitrogen and oxygen atoms in total. The average Bonchev–Trinajstić information content (AvgIpc) is 2.65. The van der Waals surface area contributed by atoms with Gasteiger partial charge in [0.05, 0.1) is 0 Å². The van der Waals surface area contributed by atoms with E-state index in [9.17, 15) is 4.79 Å². The topological polar surface area (TPSA) is 17.1 Å². The highest BCUT2D eigenvalue weighted by Gasteiger charge is 2.37. The first-order chi connectivity index (χ1) is 13.1. The molecule has 0 unspecified atom stereocenters. The Balaban J connectivity index is 2.15. The van der Waals surface area contributed by atoms with Crippen LogP contribution < -0.4 is 0 Å². The molecule has 2 aliphatic carbocycles. The molecule has 0 saturated heterocycles. The predicted octanol–water partition coefficient (Wildman–Crippen LogP) is 7.60. The highest BCUT2D eigenvalue weighted by Crippen LogP contribution is 2.48. The van der Waals surface area contributed by atoms with E-state index in [0.717, 1.165) is 24.8 Å². The quantitative estimate of drug-likeness (QED) is 0.493. The molecule has 0 heterocycles. The molecule has 0 N–H and O–H groups in total.